The maximum Gasteiger partial charge on any atom is 0.261 e. The van der Waals surface area contributed by atoms with Crippen molar-refractivity contribution in [1.82, 2.24) is 9.97 Å². The molecule has 0 fully saturated rings. The van der Waals surface area contributed by atoms with E-state index >= 15 is 0 Å². The van der Waals surface area contributed by atoms with Gasteiger partial charge in [0.05, 0.1) is 10.9 Å². The van der Waals surface area contributed by atoms with E-state index in [1.807, 2.05) is 5.38 Å². The van der Waals surface area contributed by atoms with E-state index < -0.39 is 0 Å². The van der Waals surface area contributed by atoms with Crippen LogP contribution in [0.5, 0.6) is 0 Å². The van der Waals surface area contributed by atoms with Gasteiger partial charge in [0, 0.05) is 15.7 Å². The highest BCUT2D eigenvalue weighted by molar-refractivity contribution is 7.11. The van der Waals surface area contributed by atoms with Crippen molar-refractivity contribution >= 4 is 28.2 Å². The minimum atomic E-state index is -0.151. The van der Waals surface area contributed by atoms with Gasteiger partial charge in [-0.05, 0) is 6.42 Å². The zero-order valence-corrected chi connectivity index (χ0v) is 11.1. The minimum absolute atomic E-state index is 0.0361. The van der Waals surface area contributed by atoms with E-state index in [1.165, 1.54) is 0 Å². The molecule has 92 valence electrons. The molecule has 0 aromatic carbocycles. The maximum atomic E-state index is 11.7. The van der Waals surface area contributed by atoms with Crippen molar-refractivity contribution in [3.8, 4) is 0 Å². The Hall–Kier alpha value is -1.36. The van der Waals surface area contributed by atoms with Crippen LogP contribution in [0.1, 0.15) is 38.5 Å². The quantitative estimate of drug-likeness (QED) is 0.880. The molecule has 0 aliphatic rings. The average Bonchev–Trinajstić information content (AvgIpc) is 2.61. The van der Waals surface area contributed by atoms with Crippen LogP contribution in [0.2, 0.25) is 0 Å². The Morgan fingerprint density at radius 2 is 2.24 bits per heavy atom. The number of hydrogen-bond acceptors (Lipinski definition) is 4. The van der Waals surface area contributed by atoms with Crippen molar-refractivity contribution in [2.24, 2.45) is 0 Å². The number of nitrogens with two attached hydrogens (primary N) is 1. The first-order chi connectivity index (χ1) is 7.95. The van der Waals surface area contributed by atoms with Gasteiger partial charge < -0.3 is 5.73 Å². The zero-order chi connectivity index (χ0) is 12.6. The molecule has 0 aliphatic heterocycles. The summed E-state index contributed by atoms with van der Waals surface area (Å²) in [5.74, 6) is 0.189. The van der Waals surface area contributed by atoms with E-state index in [0.29, 0.717) is 5.39 Å². The van der Waals surface area contributed by atoms with Crippen LogP contribution in [0, 0.1) is 0 Å². The summed E-state index contributed by atoms with van der Waals surface area (Å²) < 4.78 is 0. The van der Waals surface area contributed by atoms with Gasteiger partial charge >= 0.3 is 0 Å². The molecule has 0 saturated heterocycles. The fourth-order valence-electron chi connectivity index (χ4n) is 2.17. The van der Waals surface area contributed by atoms with Crippen molar-refractivity contribution in [3.63, 3.8) is 0 Å². The van der Waals surface area contributed by atoms with Gasteiger partial charge in [-0.25, -0.2) is 4.98 Å². The Labute approximate surface area is 104 Å². The highest BCUT2D eigenvalue weighted by atomic mass is 32.1. The van der Waals surface area contributed by atoms with E-state index in [4.69, 9.17) is 5.73 Å². The third kappa shape index (κ3) is 2.07. The van der Waals surface area contributed by atoms with Gasteiger partial charge in [0.25, 0.3) is 5.56 Å². The lowest BCUT2D eigenvalue weighted by atomic mass is 9.86. The van der Waals surface area contributed by atoms with Crippen molar-refractivity contribution in [2.75, 3.05) is 5.73 Å². The number of nitrogens with one attached hydrogen (secondary N) is 1. The first-order valence-electron chi connectivity index (χ1n) is 5.73. The maximum absolute atomic E-state index is 11.7. The molecule has 2 rings (SSSR count). The van der Waals surface area contributed by atoms with Gasteiger partial charge in [0.1, 0.15) is 0 Å². The summed E-state index contributed by atoms with van der Waals surface area (Å²) in [7, 11) is 0. The van der Waals surface area contributed by atoms with Crippen LogP contribution in [0.15, 0.2) is 10.2 Å². The molecule has 2 heterocycles. The standard InChI is InChI=1S/C12H17N3OS/c1-4-5-12(2,3)9-8-7(6-17-9)10(16)15-11(13)14-8/h6H,4-5H2,1-3H3,(H3,13,14,15,16). The number of rotatable bonds is 3. The second kappa shape index (κ2) is 4.14. The van der Waals surface area contributed by atoms with Crippen LogP contribution in [-0.4, -0.2) is 9.97 Å². The number of fused-ring (bicyclic) bond motifs is 1. The van der Waals surface area contributed by atoms with E-state index in [9.17, 15) is 4.79 Å². The molecule has 3 N–H and O–H groups in total. The molecule has 2 aromatic rings. The van der Waals surface area contributed by atoms with Crippen LogP contribution in [0.3, 0.4) is 0 Å². The SMILES string of the molecule is CCCC(C)(C)c1scc2c(=O)[nH]c(N)nc12. The summed E-state index contributed by atoms with van der Waals surface area (Å²) in [6.07, 6.45) is 2.17. The summed E-state index contributed by atoms with van der Waals surface area (Å²) in [6.45, 7) is 6.52. The van der Waals surface area contributed by atoms with Crippen molar-refractivity contribution in [3.05, 3.63) is 20.6 Å². The van der Waals surface area contributed by atoms with Crippen LogP contribution in [0.4, 0.5) is 5.95 Å². The fraction of sp³-hybridized carbons (Fsp3) is 0.500. The summed E-state index contributed by atoms with van der Waals surface area (Å²) in [6, 6.07) is 0. The topological polar surface area (TPSA) is 71.8 Å². The predicted octanol–water partition coefficient (Wildman–Crippen LogP) is 2.64. The number of aromatic nitrogens is 2. The van der Waals surface area contributed by atoms with Crippen molar-refractivity contribution in [2.45, 2.75) is 39.0 Å². The molecule has 17 heavy (non-hydrogen) atoms. The average molecular weight is 251 g/mol. The number of aromatic amines is 1. The Balaban J connectivity index is 2.68. The molecule has 0 radical (unpaired) electrons. The highest BCUT2D eigenvalue weighted by Gasteiger charge is 2.25. The van der Waals surface area contributed by atoms with Crippen LogP contribution in [0.25, 0.3) is 10.9 Å². The third-order valence-electron chi connectivity index (χ3n) is 2.97. The first-order valence-corrected chi connectivity index (χ1v) is 6.61. The van der Waals surface area contributed by atoms with Gasteiger partial charge in [-0.3, -0.25) is 9.78 Å². The Morgan fingerprint density at radius 1 is 1.53 bits per heavy atom. The number of nitrogen functional groups attached to an aromatic ring is 1. The predicted molar refractivity (Wildman–Crippen MR) is 72.6 cm³/mol. The van der Waals surface area contributed by atoms with Crippen LogP contribution >= 0.6 is 11.3 Å². The molecule has 2 aromatic heterocycles. The Kier molecular flexibility index (Phi) is 2.95. The molecule has 5 heteroatoms. The molecule has 0 amide bonds. The fourth-order valence-corrected chi connectivity index (χ4v) is 3.32. The normalized spacial score (nSPS) is 12.2. The van der Waals surface area contributed by atoms with Gasteiger partial charge in [-0.15, -0.1) is 11.3 Å². The van der Waals surface area contributed by atoms with E-state index in [-0.39, 0.29) is 16.9 Å². The number of H-pyrrole nitrogens is 1. The van der Waals surface area contributed by atoms with Gasteiger partial charge in [0.2, 0.25) is 5.95 Å². The van der Waals surface area contributed by atoms with Gasteiger partial charge in [-0.2, -0.15) is 0 Å². The van der Waals surface area contributed by atoms with E-state index in [2.05, 4.69) is 30.7 Å². The molecule has 0 bridgehead atoms. The van der Waals surface area contributed by atoms with Crippen LogP contribution < -0.4 is 11.3 Å². The smallest absolute Gasteiger partial charge is 0.261 e. The number of anilines is 1. The lowest BCUT2D eigenvalue weighted by Crippen LogP contribution is -2.17. The molecule has 0 unspecified atom stereocenters. The molecule has 0 aliphatic carbocycles. The largest absolute Gasteiger partial charge is 0.369 e. The van der Waals surface area contributed by atoms with Gasteiger partial charge in [0.15, 0.2) is 0 Å². The molecule has 0 saturated carbocycles. The summed E-state index contributed by atoms with van der Waals surface area (Å²) in [4.78, 5) is 19.7. The van der Waals surface area contributed by atoms with E-state index in [1.54, 1.807) is 11.3 Å². The number of thiophene rings is 1. The summed E-state index contributed by atoms with van der Waals surface area (Å²) in [5, 5.41) is 2.51. The zero-order valence-electron chi connectivity index (χ0n) is 10.3. The molecular formula is C12H17N3OS. The lowest BCUT2D eigenvalue weighted by Gasteiger charge is -2.22. The monoisotopic (exact) mass is 251 g/mol. The van der Waals surface area contributed by atoms with Gasteiger partial charge in [-0.1, -0.05) is 27.2 Å². The molecular weight excluding hydrogens is 234 g/mol. The second-order valence-electron chi connectivity index (χ2n) is 4.91. The molecule has 0 spiro atoms. The van der Waals surface area contributed by atoms with E-state index in [0.717, 1.165) is 23.2 Å². The lowest BCUT2D eigenvalue weighted by molar-refractivity contribution is 0.485. The number of hydrogen-bond donors (Lipinski definition) is 2. The summed E-state index contributed by atoms with van der Waals surface area (Å²) in [5.41, 5.74) is 6.25. The summed E-state index contributed by atoms with van der Waals surface area (Å²) >= 11 is 1.59. The van der Waals surface area contributed by atoms with Crippen molar-refractivity contribution < 1.29 is 0 Å². The van der Waals surface area contributed by atoms with Crippen LogP contribution in [-0.2, 0) is 5.41 Å². The third-order valence-corrected chi connectivity index (χ3v) is 4.31. The highest BCUT2D eigenvalue weighted by Crippen LogP contribution is 2.36. The Bertz CT molecular complexity index is 597. The first kappa shape index (κ1) is 12.1. The minimum Gasteiger partial charge on any atom is -0.369 e. The molecule has 4 nitrogen and oxygen atoms in total. The second-order valence-corrected chi connectivity index (χ2v) is 5.79. The van der Waals surface area contributed by atoms with Crippen molar-refractivity contribution in [1.29, 1.82) is 0 Å². The molecule has 0 atom stereocenters. The Morgan fingerprint density at radius 3 is 2.88 bits per heavy atom. The number of nitrogens with zero attached hydrogens (tertiary/aromatic N) is 1.